The van der Waals surface area contributed by atoms with E-state index in [-0.39, 0.29) is 12.1 Å². The molecule has 0 aliphatic rings. The number of benzene rings is 1. The second kappa shape index (κ2) is 7.33. The molecule has 1 heterocycles. The summed E-state index contributed by atoms with van der Waals surface area (Å²) in [6, 6.07) is 11.7. The van der Waals surface area contributed by atoms with Gasteiger partial charge in [0.15, 0.2) is 0 Å². The highest BCUT2D eigenvalue weighted by Crippen LogP contribution is 2.10. The van der Waals surface area contributed by atoms with Gasteiger partial charge in [-0.3, -0.25) is 4.68 Å². The number of hydrogen-bond acceptors (Lipinski definition) is 2. The number of urea groups is 1. The van der Waals surface area contributed by atoms with Crippen molar-refractivity contribution >= 4 is 6.03 Å². The first-order valence-corrected chi connectivity index (χ1v) is 6.82. The predicted molar refractivity (Wildman–Crippen MR) is 78.2 cm³/mol. The van der Waals surface area contributed by atoms with Crippen LogP contribution >= 0.6 is 0 Å². The molecule has 2 N–H and O–H groups in total. The Hall–Kier alpha value is -2.30. The molecule has 2 amide bonds. The summed E-state index contributed by atoms with van der Waals surface area (Å²) in [6.07, 6.45) is 4.52. The molecule has 1 aromatic carbocycles. The Kier molecular flexibility index (Phi) is 5.17. The molecule has 0 saturated heterocycles. The third-order valence-electron chi connectivity index (χ3n) is 3.06. The molecule has 0 aliphatic carbocycles. The number of aryl methyl sites for hydroxylation is 1. The van der Waals surface area contributed by atoms with Crippen LogP contribution in [0.1, 0.15) is 24.9 Å². The number of amides is 2. The number of hydrogen-bond donors (Lipinski definition) is 2. The maximum absolute atomic E-state index is 11.7. The van der Waals surface area contributed by atoms with Gasteiger partial charge in [0, 0.05) is 25.5 Å². The van der Waals surface area contributed by atoms with E-state index in [9.17, 15) is 4.79 Å². The van der Waals surface area contributed by atoms with Crippen molar-refractivity contribution in [2.45, 2.75) is 25.9 Å². The lowest BCUT2D eigenvalue weighted by Gasteiger charge is -2.15. The zero-order valence-corrected chi connectivity index (χ0v) is 11.6. The molecule has 5 nitrogen and oxygen atoms in total. The summed E-state index contributed by atoms with van der Waals surface area (Å²) in [5, 5.41) is 9.88. The van der Waals surface area contributed by atoms with Gasteiger partial charge < -0.3 is 10.6 Å². The second-order valence-corrected chi connectivity index (χ2v) is 4.66. The fraction of sp³-hybridized carbons (Fsp3) is 0.333. The van der Waals surface area contributed by atoms with E-state index in [1.165, 1.54) is 0 Å². The minimum Gasteiger partial charge on any atom is -0.338 e. The Morgan fingerprint density at radius 1 is 1.30 bits per heavy atom. The Balaban J connectivity index is 1.65. The van der Waals surface area contributed by atoms with E-state index in [4.69, 9.17) is 0 Å². The zero-order chi connectivity index (χ0) is 14.2. The van der Waals surface area contributed by atoms with Crippen LogP contribution in [0.15, 0.2) is 48.8 Å². The molecule has 20 heavy (non-hydrogen) atoms. The number of rotatable bonds is 6. The molecule has 1 aromatic heterocycles. The van der Waals surface area contributed by atoms with Crippen molar-refractivity contribution in [1.82, 2.24) is 20.4 Å². The van der Waals surface area contributed by atoms with E-state index in [0.717, 1.165) is 18.5 Å². The first-order chi connectivity index (χ1) is 9.75. The van der Waals surface area contributed by atoms with Crippen molar-refractivity contribution in [1.29, 1.82) is 0 Å². The van der Waals surface area contributed by atoms with Crippen LogP contribution in [0.3, 0.4) is 0 Å². The van der Waals surface area contributed by atoms with Crippen LogP contribution in [0.25, 0.3) is 0 Å². The van der Waals surface area contributed by atoms with Crippen LogP contribution in [0.4, 0.5) is 4.79 Å². The topological polar surface area (TPSA) is 59.0 Å². The maximum Gasteiger partial charge on any atom is 0.315 e. The number of carbonyl (C=O) groups is 1. The summed E-state index contributed by atoms with van der Waals surface area (Å²) in [7, 11) is 0. The van der Waals surface area contributed by atoms with Gasteiger partial charge in [-0.15, -0.1) is 0 Å². The quantitative estimate of drug-likeness (QED) is 0.793. The van der Waals surface area contributed by atoms with E-state index in [1.807, 2.05) is 54.2 Å². The fourth-order valence-electron chi connectivity index (χ4n) is 1.95. The molecular weight excluding hydrogens is 252 g/mol. The normalized spacial score (nSPS) is 11.8. The van der Waals surface area contributed by atoms with Gasteiger partial charge in [-0.2, -0.15) is 5.10 Å². The zero-order valence-electron chi connectivity index (χ0n) is 11.6. The van der Waals surface area contributed by atoms with Crippen molar-refractivity contribution in [2.75, 3.05) is 6.54 Å². The minimum atomic E-state index is -0.137. The van der Waals surface area contributed by atoms with Crippen molar-refractivity contribution in [2.24, 2.45) is 0 Å². The third-order valence-corrected chi connectivity index (χ3v) is 3.06. The van der Waals surface area contributed by atoms with Crippen LogP contribution in [0, 0.1) is 0 Å². The van der Waals surface area contributed by atoms with Crippen LogP contribution in [-0.2, 0) is 6.54 Å². The summed E-state index contributed by atoms with van der Waals surface area (Å²) in [5.74, 6) is 0. The third kappa shape index (κ3) is 4.42. The molecular formula is C15H20N4O. The molecule has 5 heteroatoms. The van der Waals surface area contributed by atoms with Crippen LogP contribution in [-0.4, -0.2) is 22.4 Å². The minimum absolute atomic E-state index is 0.00214. The molecule has 106 valence electrons. The highest BCUT2D eigenvalue weighted by molar-refractivity contribution is 5.74. The van der Waals surface area contributed by atoms with E-state index < -0.39 is 0 Å². The van der Waals surface area contributed by atoms with Crippen molar-refractivity contribution in [3.05, 3.63) is 54.4 Å². The predicted octanol–water partition coefficient (Wildman–Crippen LogP) is 2.33. The Labute approximate surface area is 119 Å². The average molecular weight is 272 g/mol. The van der Waals surface area contributed by atoms with E-state index in [1.54, 1.807) is 6.20 Å². The van der Waals surface area contributed by atoms with Gasteiger partial charge in [0.25, 0.3) is 0 Å². The smallest absolute Gasteiger partial charge is 0.315 e. The first kappa shape index (κ1) is 14.1. The van der Waals surface area contributed by atoms with Gasteiger partial charge in [-0.05, 0) is 25.0 Å². The molecule has 0 unspecified atom stereocenters. The van der Waals surface area contributed by atoms with Crippen LogP contribution < -0.4 is 10.6 Å². The molecule has 2 rings (SSSR count). The number of aromatic nitrogens is 2. The summed E-state index contributed by atoms with van der Waals surface area (Å²) < 4.78 is 1.85. The standard InChI is InChI=1S/C15H20N4O/c1-13(14-7-3-2-4-8-14)18-15(20)16-9-5-11-19-12-6-10-17-19/h2-4,6-8,10,12-13H,5,9,11H2,1H3,(H2,16,18,20)/t13-/m0/s1. The number of nitrogens with one attached hydrogen (secondary N) is 2. The fourth-order valence-corrected chi connectivity index (χ4v) is 1.95. The summed E-state index contributed by atoms with van der Waals surface area (Å²) in [4.78, 5) is 11.7. The summed E-state index contributed by atoms with van der Waals surface area (Å²) >= 11 is 0. The monoisotopic (exact) mass is 272 g/mol. The van der Waals surface area contributed by atoms with Crippen molar-refractivity contribution < 1.29 is 4.79 Å². The Morgan fingerprint density at radius 2 is 2.10 bits per heavy atom. The molecule has 0 aliphatic heterocycles. The summed E-state index contributed by atoms with van der Waals surface area (Å²) in [6.45, 7) is 3.41. The molecule has 1 atom stereocenters. The largest absolute Gasteiger partial charge is 0.338 e. The van der Waals surface area contributed by atoms with Gasteiger partial charge in [0.05, 0.1) is 6.04 Å². The molecule has 0 saturated carbocycles. The van der Waals surface area contributed by atoms with E-state index in [0.29, 0.717) is 6.54 Å². The van der Waals surface area contributed by atoms with Gasteiger partial charge in [-0.25, -0.2) is 4.79 Å². The van der Waals surface area contributed by atoms with Crippen molar-refractivity contribution in [3.8, 4) is 0 Å². The number of carbonyl (C=O) groups excluding carboxylic acids is 1. The van der Waals surface area contributed by atoms with E-state index >= 15 is 0 Å². The highest BCUT2D eigenvalue weighted by atomic mass is 16.2. The summed E-state index contributed by atoms with van der Waals surface area (Å²) in [5.41, 5.74) is 1.10. The van der Waals surface area contributed by atoms with Crippen LogP contribution in [0.5, 0.6) is 0 Å². The lowest BCUT2D eigenvalue weighted by atomic mass is 10.1. The lowest BCUT2D eigenvalue weighted by molar-refractivity contribution is 0.237. The Bertz CT molecular complexity index is 510. The molecule has 2 aromatic rings. The lowest BCUT2D eigenvalue weighted by Crippen LogP contribution is -2.37. The Morgan fingerprint density at radius 3 is 2.80 bits per heavy atom. The number of nitrogens with zero attached hydrogens (tertiary/aromatic N) is 2. The van der Waals surface area contributed by atoms with Gasteiger partial charge in [0.2, 0.25) is 0 Å². The maximum atomic E-state index is 11.7. The molecule has 0 bridgehead atoms. The van der Waals surface area contributed by atoms with Gasteiger partial charge >= 0.3 is 6.03 Å². The SMILES string of the molecule is C[C@H](NC(=O)NCCCn1cccn1)c1ccccc1. The second-order valence-electron chi connectivity index (χ2n) is 4.66. The van der Waals surface area contributed by atoms with Crippen LogP contribution in [0.2, 0.25) is 0 Å². The molecule has 0 radical (unpaired) electrons. The average Bonchev–Trinajstić information content (AvgIpc) is 2.98. The van der Waals surface area contributed by atoms with Gasteiger partial charge in [0.1, 0.15) is 0 Å². The van der Waals surface area contributed by atoms with E-state index in [2.05, 4.69) is 15.7 Å². The molecule has 0 spiro atoms. The molecule has 0 fully saturated rings. The highest BCUT2D eigenvalue weighted by Gasteiger charge is 2.07. The van der Waals surface area contributed by atoms with Crippen molar-refractivity contribution in [3.63, 3.8) is 0 Å². The van der Waals surface area contributed by atoms with Gasteiger partial charge in [-0.1, -0.05) is 30.3 Å². The first-order valence-electron chi connectivity index (χ1n) is 6.82.